The third kappa shape index (κ3) is 17.2. The molecule has 6 nitrogen and oxygen atoms in total. The lowest BCUT2D eigenvalue weighted by atomic mass is 9.33. The van der Waals surface area contributed by atoms with Gasteiger partial charge in [0.05, 0.1) is 17.1 Å². The van der Waals surface area contributed by atoms with Gasteiger partial charge in [-0.2, -0.15) is 0 Å². The van der Waals surface area contributed by atoms with Gasteiger partial charge >= 0.3 is 0 Å². The van der Waals surface area contributed by atoms with E-state index in [2.05, 4.69) is 480 Å². The summed E-state index contributed by atoms with van der Waals surface area (Å²) >= 11 is 0. The smallest absolute Gasteiger partial charge is 0.252 e. The van der Waals surface area contributed by atoms with Crippen molar-refractivity contribution in [1.29, 1.82) is 0 Å². The van der Waals surface area contributed by atoms with Crippen molar-refractivity contribution in [3.05, 3.63) is 273 Å². The van der Waals surface area contributed by atoms with E-state index in [9.17, 15) is 0 Å². The summed E-state index contributed by atoms with van der Waals surface area (Å²) in [6.45, 7) is 85.3. The minimum absolute atomic E-state index is 0.166. The van der Waals surface area contributed by atoms with Crippen molar-refractivity contribution in [3.63, 3.8) is 0 Å². The summed E-state index contributed by atoms with van der Waals surface area (Å²) in [6.07, 6.45) is 0. The largest absolute Gasteiger partial charge is 0.453 e. The van der Waals surface area contributed by atoms with Crippen LogP contribution in [0.4, 0.5) is 85.3 Å². The van der Waals surface area contributed by atoms with Gasteiger partial charge < -0.3 is 29.2 Å². The summed E-state index contributed by atoms with van der Waals surface area (Å²) in [5, 5.41) is 0. The average molecular weight is 1610 g/mol. The molecule has 11 aromatic carbocycles. The third-order valence-corrected chi connectivity index (χ3v) is 25.7. The van der Waals surface area contributed by atoms with E-state index >= 15 is 0 Å². The van der Waals surface area contributed by atoms with Crippen LogP contribution in [0, 0.1) is 0 Å². The third-order valence-electron chi connectivity index (χ3n) is 25.7. The summed E-state index contributed by atoms with van der Waals surface area (Å²) < 4.78 is 7.03. The number of benzene rings is 11. The zero-order valence-corrected chi connectivity index (χ0v) is 80.9. The minimum Gasteiger partial charge on any atom is -0.453 e. The second-order valence-electron chi connectivity index (χ2n) is 48.1. The topological polar surface area (TPSA) is 25.4 Å². The van der Waals surface area contributed by atoms with Crippen LogP contribution in [0.2, 0.25) is 0 Å². The van der Waals surface area contributed by atoms with Gasteiger partial charge in [0.15, 0.2) is 11.5 Å². The molecular weight excluding hydrogens is 1470 g/mol. The number of hydrogen-bond donors (Lipinski definition) is 0. The first-order chi connectivity index (χ1) is 55.5. The number of anilines is 15. The molecule has 3 heterocycles. The van der Waals surface area contributed by atoms with Crippen LogP contribution in [-0.2, 0) is 65.0 Å². The molecule has 0 N–H and O–H groups in total. The Kier molecular flexibility index (Phi) is 21.4. The minimum atomic E-state index is -0.298. The van der Waals surface area contributed by atoms with Crippen LogP contribution in [-0.4, -0.2) is 6.71 Å². The van der Waals surface area contributed by atoms with Crippen LogP contribution in [0.5, 0.6) is 11.5 Å². The molecule has 0 aromatic heterocycles. The van der Waals surface area contributed by atoms with Gasteiger partial charge in [-0.15, -0.1) is 0 Å². The van der Waals surface area contributed by atoms with Crippen LogP contribution >= 0.6 is 0 Å². The molecule has 0 saturated carbocycles. The summed E-state index contributed by atoms with van der Waals surface area (Å²) in [7, 11) is 0. The standard InChI is InChI=1S/C114H142BN5O/c1-103(2,3)71-49-72(104(4,5)6)56-85(55-71)116(86-57-73(105(7,8)9)50-74(58-86)106(10,11)12)83-45-47-92-96(67-83)119(89-63-79(111(25,26)27)53-80(64-89)112(28,29)30)98-69-91(118-94-41-37-39-43-100(94)121-101-44-40-38-42-95(101)118)70-99-102(98)115(92)93-48-46-84(68-97(93)120(99)90-65-81(113(31,32)33)54-82(66-90)114(34,35)36)117(87-59-75(107(13,14)15)51-76(60-87)108(16,17)18)88-61-77(109(19,20)21)52-78(62-88)110(22,23)24/h37-70H,1-36H3. The van der Waals surface area contributed by atoms with E-state index in [4.69, 9.17) is 4.74 Å². The van der Waals surface area contributed by atoms with Crippen molar-refractivity contribution in [3.8, 4) is 11.5 Å². The van der Waals surface area contributed by atoms with E-state index in [1.165, 1.54) is 83.1 Å². The van der Waals surface area contributed by atoms with Crippen LogP contribution < -0.4 is 45.6 Å². The Morgan fingerprint density at radius 3 is 0.636 bits per heavy atom. The predicted molar refractivity (Wildman–Crippen MR) is 529 cm³/mol. The normalized spacial score (nSPS) is 14.3. The van der Waals surface area contributed by atoms with Gasteiger partial charge in [0.2, 0.25) is 0 Å². The Morgan fingerprint density at radius 2 is 0.405 bits per heavy atom. The number of rotatable bonds is 9. The molecule has 632 valence electrons. The lowest BCUT2D eigenvalue weighted by Gasteiger charge is -2.46. The molecule has 0 atom stereocenters. The molecule has 0 bridgehead atoms. The molecule has 7 heteroatoms. The lowest BCUT2D eigenvalue weighted by molar-refractivity contribution is 0.477. The fourth-order valence-corrected chi connectivity index (χ4v) is 17.4. The molecule has 14 rings (SSSR count). The Hall–Kier alpha value is -9.72. The second kappa shape index (κ2) is 29.5. The zero-order valence-electron chi connectivity index (χ0n) is 80.9. The molecule has 11 aromatic rings. The Labute approximate surface area is 731 Å². The molecule has 3 aliphatic heterocycles. The SMILES string of the molecule is CC(C)(C)c1cc(N(c2cc(C(C)(C)C)cc(C(C)(C)C)c2)c2ccc3c(c2)N(c2cc(C(C)(C)C)cc(C(C)(C)C)c2)c2cc(N4c5ccccc5Oc5ccccc54)cc4c2B3c2ccc(N(c3cc(C(C)(C)C)cc(C(C)(C)C)c3)c3cc(C(C)(C)C)cc(C(C)(C)C)c3)cc2N4c2cc(C(C)(C)C)cc(C(C)(C)C)c2)cc(C(C)(C)C)c1. The molecule has 0 aliphatic carbocycles. The molecule has 0 amide bonds. The van der Waals surface area contributed by atoms with E-state index in [0.29, 0.717) is 0 Å². The van der Waals surface area contributed by atoms with Crippen molar-refractivity contribution in [1.82, 2.24) is 0 Å². The van der Waals surface area contributed by atoms with E-state index < -0.39 is 0 Å². The van der Waals surface area contributed by atoms with Crippen molar-refractivity contribution in [2.75, 3.05) is 24.5 Å². The van der Waals surface area contributed by atoms with Gasteiger partial charge in [0.25, 0.3) is 6.71 Å². The number of ether oxygens (including phenoxy) is 1. The lowest BCUT2D eigenvalue weighted by Crippen LogP contribution is -2.61. The maximum atomic E-state index is 7.03. The van der Waals surface area contributed by atoms with Crippen LogP contribution in [0.3, 0.4) is 0 Å². The fourth-order valence-electron chi connectivity index (χ4n) is 17.4. The second-order valence-corrected chi connectivity index (χ2v) is 48.1. The summed E-state index contributed by atoms with van der Waals surface area (Å²) in [4.78, 5) is 13.2. The first kappa shape index (κ1) is 87.6. The molecule has 0 fully saturated rings. The molecule has 0 radical (unpaired) electrons. The Morgan fingerprint density at radius 1 is 0.198 bits per heavy atom. The average Bonchev–Trinajstić information content (AvgIpc) is 0.688. The number of nitrogens with zero attached hydrogens (tertiary/aromatic N) is 5. The number of fused-ring (bicyclic) bond motifs is 6. The molecule has 121 heavy (non-hydrogen) atoms. The van der Waals surface area contributed by atoms with E-state index in [1.807, 2.05) is 0 Å². The highest BCUT2D eigenvalue weighted by Crippen LogP contribution is 2.57. The van der Waals surface area contributed by atoms with Gasteiger partial charge in [-0.25, -0.2) is 0 Å². The van der Waals surface area contributed by atoms with E-state index in [1.54, 1.807) is 0 Å². The number of para-hydroxylation sites is 4. The van der Waals surface area contributed by atoms with Crippen LogP contribution in [0.1, 0.15) is 316 Å². The first-order valence-electron chi connectivity index (χ1n) is 44.8. The summed E-state index contributed by atoms with van der Waals surface area (Å²) in [5.41, 5.74) is 33.4. The Balaban J connectivity index is 1.21. The molecule has 3 aliphatic rings. The summed E-state index contributed by atoms with van der Waals surface area (Å²) in [5.74, 6) is 1.60. The van der Waals surface area contributed by atoms with Crippen molar-refractivity contribution in [2.24, 2.45) is 0 Å². The highest BCUT2D eigenvalue weighted by Gasteiger charge is 2.47. The molecule has 0 unspecified atom stereocenters. The fraction of sp³-hybridized carbons (Fsp3) is 0.421. The predicted octanol–water partition coefficient (Wildman–Crippen LogP) is 31.9. The van der Waals surface area contributed by atoms with E-state index in [-0.39, 0.29) is 71.7 Å². The quantitative estimate of drug-likeness (QED) is 0.134. The van der Waals surface area contributed by atoms with E-state index in [0.717, 1.165) is 96.8 Å². The molecule has 0 saturated heterocycles. The molecular formula is C114H142BN5O. The molecule has 0 spiro atoms. The van der Waals surface area contributed by atoms with Gasteiger partial charge in [-0.1, -0.05) is 322 Å². The van der Waals surface area contributed by atoms with Gasteiger partial charge in [0, 0.05) is 68.2 Å². The Bertz CT molecular complexity index is 5160. The van der Waals surface area contributed by atoms with Crippen LogP contribution in [0.15, 0.2) is 206 Å². The highest BCUT2D eigenvalue weighted by molar-refractivity contribution is 7.00. The number of hydrogen-bond acceptors (Lipinski definition) is 6. The zero-order chi connectivity index (χ0) is 88.7. The van der Waals surface area contributed by atoms with Gasteiger partial charge in [-0.3, -0.25) is 0 Å². The monoisotopic (exact) mass is 1610 g/mol. The summed E-state index contributed by atoms with van der Waals surface area (Å²) in [6, 6.07) is 82.7. The van der Waals surface area contributed by atoms with Crippen molar-refractivity contribution in [2.45, 2.75) is 314 Å². The first-order valence-corrected chi connectivity index (χ1v) is 44.8. The van der Waals surface area contributed by atoms with Crippen molar-refractivity contribution < 1.29 is 4.74 Å². The van der Waals surface area contributed by atoms with Crippen molar-refractivity contribution >= 4 is 108 Å². The maximum Gasteiger partial charge on any atom is 0.252 e. The van der Waals surface area contributed by atoms with Crippen LogP contribution in [0.25, 0.3) is 0 Å². The van der Waals surface area contributed by atoms with Gasteiger partial charge in [0.1, 0.15) is 0 Å². The van der Waals surface area contributed by atoms with Gasteiger partial charge in [-0.05, 0) is 282 Å². The highest BCUT2D eigenvalue weighted by atomic mass is 16.5. The maximum absolute atomic E-state index is 7.03.